The van der Waals surface area contributed by atoms with Gasteiger partial charge in [-0.25, -0.2) is 4.98 Å². The van der Waals surface area contributed by atoms with E-state index in [0.29, 0.717) is 0 Å². The van der Waals surface area contributed by atoms with Gasteiger partial charge >= 0.3 is 5.97 Å². The van der Waals surface area contributed by atoms with Crippen LogP contribution in [-0.2, 0) is 4.79 Å². The Morgan fingerprint density at radius 2 is 2.00 bits per heavy atom. The Morgan fingerprint density at radius 1 is 1.22 bits per heavy atom. The average Bonchev–Trinajstić information content (AvgIpc) is 2.92. The lowest BCUT2D eigenvalue weighted by molar-refractivity contribution is -0.135. The van der Waals surface area contributed by atoms with Gasteiger partial charge in [0.25, 0.3) is 0 Å². The molecule has 0 bridgehead atoms. The molecule has 0 spiro atoms. The number of thiazole rings is 1. The molecule has 0 unspecified atom stereocenters. The number of nitrogens with zero attached hydrogens (tertiary/aromatic N) is 1. The number of aromatic nitrogens is 1. The number of hydrogen-bond acceptors (Lipinski definition) is 3. The molecule has 0 amide bonds. The topological polar surface area (TPSA) is 50.2 Å². The number of carboxylic acid groups (broad SMARTS) is 1. The van der Waals surface area contributed by atoms with Gasteiger partial charge in [0.1, 0.15) is 5.01 Å². The zero-order valence-corrected chi connectivity index (χ0v) is 13.9. The van der Waals surface area contributed by atoms with E-state index in [4.69, 9.17) is 0 Å². The quantitative estimate of drug-likeness (QED) is 0.740. The summed E-state index contributed by atoms with van der Waals surface area (Å²) in [4.78, 5) is 15.9. The summed E-state index contributed by atoms with van der Waals surface area (Å²) in [6, 6.07) is 14.0. The van der Waals surface area contributed by atoms with E-state index >= 15 is 0 Å². The van der Waals surface area contributed by atoms with Gasteiger partial charge in [-0.3, -0.25) is 4.79 Å². The predicted octanol–water partition coefficient (Wildman–Crippen LogP) is 4.93. The Labute approximate surface area is 138 Å². The van der Waals surface area contributed by atoms with E-state index in [2.05, 4.69) is 11.1 Å². The van der Waals surface area contributed by atoms with Gasteiger partial charge in [-0.05, 0) is 48.8 Å². The number of benzene rings is 2. The lowest BCUT2D eigenvalue weighted by atomic mass is 10.0. The number of aliphatic carboxylic acids is 1. The third kappa shape index (κ3) is 3.48. The zero-order chi connectivity index (χ0) is 16.4. The van der Waals surface area contributed by atoms with E-state index in [1.807, 2.05) is 56.3 Å². The first kappa shape index (κ1) is 15.4. The molecule has 3 rings (SSSR count). The number of fused-ring (bicyclic) bond motifs is 1. The van der Waals surface area contributed by atoms with Crippen LogP contribution in [0.25, 0.3) is 21.9 Å². The number of aryl methyl sites for hydroxylation is 2. The van der Waals surface area contributed by atoms with Crippen LogP contribution in [0.4, 0.5) is 0 Å². The smallest absolute Gasteiger partial charge is 0.307 e. The van der Waals surface area contributed by atoms with Crippen molar-refractivity contribution in [2.75, 3.05) is 0 Å². The summed E-state index contributed by atoms with van der Waals surface area (Å²) in [5.41, 5.74) is 5.01. The first-order valence-electron chi connectivity index (χ1n) is 7.38. The Hall–Kier alpha value is -2.46. The SMILES string of the molecule is Cc1ccc(/C=C(\CC(=O)O)c2nc3ccccc3s2)c(C)c1. The van der Waals surface area contributed by atoms with Gasteiger partial charge in [0, 0.05) is 0 Å². The van der Waals surface area contributed by atoms with Crippen molar-refractivity contribution in [3.63, 3.8) is 0 Å². The second-order valence-electron chi connectivity index (χ2n) is 5.59. The molecule has 0 fully saturated rings. The number of hydrogen-bond donors (Lipinski definition) is 1. The Bertz CT molecular complexity index is 876. The minimum Gasteiger partial charge on any atom is -0.481 e. The maximum absolute atomic E-state index is 11.3. The molecule has 0 aliphatic rings. The maximum Gasteiger partial charge on any atom is 0.307 e. The van der Waals surface area contributed by atoms with E-state index in [1.54, 1.807) is 0 Å². The largest absolute Gasteiger partial charge is 0.481 e. The van der Waals surface area contributed by atoms with Gasteiger partial charge < -0.3 is 5.11 Å². The van der Waals surface area contributed by atoms with Crippen LogP contribution < -0.4 is 0 Å². The van der Waals surface area contributed by atoms with Crippen LogP contribution in [0.1, 0.15) is 28.1 Å². The molecule has 0 aliphatic heterocycles. The molecule has 3 nitrogen and oxygen atoms in total. The molecule has 1 heterocycles. The van der Waals surface area contributed by atoms with Gasteiger partial charge in [0.2, 0.25) is 0 Å². The van der Waals surface area contributed by atoms with Crippen molar-refractivity contribution >= 4 is 39.2 Å². The fraction of sp³-hybridized carbons (Fsp3) is 0.158. The molecule has 1 N–H and O–H groups in total. The summed E-state index contributed by atoms with van der Waals surface area (Å²) in [7, 11) is 0. The molecular weight excluding hydrogens is 306 g/mol. The second kappa shape index (κ2) is 6.34. The molecule has 0 saturated heterocycles. The summed E-state index contributed by atoms with van der Waals surface area (Å²) in [5, 5.41) is 10.0. The lowest BCUT2D eigenvalue weighted by Gasteiger charge is -2.05. The Balaban J connectivity index is 2.09. The number of para-hydroxylation sites is 1. The maximum atomic E-state index is 11.3. The molecule has 0 aliphatic carbocycles. The van der Waals surface area contributed by atoms with Crippen LogP contribution in [0.2, 0.25) is 0 Å². The first-order chi connectivity index (χ1) is 11.0. The number of carbonyl (C=O) groups is 1. The molecule has 3 aromatic rings. The highest BCUT2D eigenvalue weighted by atomic mass is 32.1. The Kier molecular flexibility index (Phi) is 4.26. The van der Waals surface area contributed by atoms with Gasteiger partial charge in [0.05, 0.1) is 16.6 Å². The van der Waals surface area contributed by atoms with Crippen molar-refractivity contribution in [2.24, 2.45) is 0 Å². The summed E-state index contributed by atoms with van der Waals surface area (Å²) < 4.78 is 1.07. The molecule has 116 valence electrons. The van der Waals surface area contributed by atoms with Crippen molar-refractivity contribution in [3.05, 3.63) is 64.2 Å². The van der Waals surface area contributed by atoms with Crippen LogP contribution in [0.5, 0.6) is 0 Å². The van der Waals surface area contributed by atoms with Crippen LogP contribution in [0, 0.1) is 13.8 Å². The zero-order valence-electron chi connectivity index (χ0n) is 13.0. The molecule has 0 saturated carbocycles. The van der Waals surface area contributed by atoms with E-state index in [1.165, 1.54) is 16.9 Å². The van der Waals surface area contributed by atoms with Gasteiger partial charge in [-0.15, -0.1) is 11.3 Å². The highest BCUT2D eigenvalue weighted by molar-refractivity contribution is 7.19. The first-order valence-corrected chi connectivity index (χ1v) is 8.20. The van der Waals surface area contributed by atoms with Crippen molar-refractivity contribution in [3.8, 4) is 0 Å². The second-order valence-corrected chi connectivity index (χ2v) is 6.62. The van der Waals surface area contributed by atoms with Crippen molar-refractivity contribution in [2.45, 2.75) is 20.3 Å². The normalized spacial score (nSPS) is 11.8. The fourth-order valence-corrected chi connectivity index (χ4v) is 3.52. The van der Waals surface area contributed by atoms with Crippen molar-refractivity contribution in [1.29, 1.82) is 0 Å². The van der Waals surface area contributed by atoms with E-state index in [0.717, 1.165) is 31.9 Å². The van der Waals surface area contributed by atoms with Crippen molar-refractivity contribution < 1.29 is 9.90 Å². The minimum absolute atomic E-state index is 0.0346. The van der Waals surface area contributed by atoms with Gasteiger partial charge in [-0.2, -0.15) is 0 Å². The summed E-state index contributed by atoms with van der Waals surface area (Å²) in [6.45, 7) is 4.09. The summed E-state index contributed by atoms with van der Waals surface area (Å²) in [5.74, 6) is -0.847. The molecule has 0 atom stereocenters. The minimum atomic E-state index is -0.847. The lowest BCUT2D eigenvalue weighted by Crippen LogP contribution is -1.97. The Morgan fingerprint density at radius 3 is 2.70 bits per heavy atom. The van der Waals surface area contributed by atoms with E-state index in [9.17, 15) is 9.90 Å². The van der Waals surface area contributed by atoms with Crippen LogP contribution >= 0.6 is 11.3 Å². The molecule has 2 aromatic carbocycles. The molecule has 23 heavy (non-hydrogen) atoms. The third-order valence-corrected chi connectivity index (χ3v) is 4.78. The summed E-state index contributed by atoms with van der Waals surface area (Å²) >= 11 is 1.53. The molecular formula is C19H17NO2S. The molecule has 0 radical (unpaired) electrons. The molecule has 4 heteroatoms. The number of rotatable bonds is 4. The number of carboxylic acids is 1. The highest BCUT2D eigenvalue weighted by Gasteiger charge is 2.13. The molecule has 1 aromatic heterocycles. The average molecular weight is 323 g/mol. The predicted molar refractivity (Wildman–Crippen MR) is 95.7 cm³/mol. The van der Waals surface area contributed by atoms with Gasteiger partial charge in [-0.1, -0.05) is 35.9 Å². The summed E-state index contributed by atoms with van der Waals surface area (Å²) in [6.07, 6.45) is 1.91. The highest BCUT2D eigenvalue weighted by Crippen LogP contribution is 2.30. The monoisotopic (exact) mass is 323 g/mol. The van der Waals surface area contributed by atoms with Crippen LogP contribution in [-0.4, -0.2) is 16.1 Å². The van der Waals surface area contributed by atoms with Gasteiger partial charge in [0.15, 0.2) is 0 Å². The van der Waals surface area contributed by atoms with E-state index < -0.39 is 5.97 Å². The fourth-order valence-electron chi connectivity index (χ4n) is 2.54. The third-order valence-electron chi connectivity index (χ3n) is 3.67. The van der Waals surface area contributed by atoms with Crippen molar-refractivity contribution in [1.82, 2.24) is 4.98 Å². The standard InChI is InChI=1S/C19H17NO2S/c1-12-7-8-14(13(2)9-12)10-15(11-18(21)22)19-20-16-5-3-4-6-17(16)23-19/h3-10H,11H2,1-2H3,(H,21,22)/b15-10+. The van der Waals surface area contributed by atoms with E-state index in [-0.39, 0.29) is 6.42 Å². The van der Waals surface area contributed by atoms with Crippen LogP contribution in [0.3, 0.4) is 0 Å². The van der Waals surface area contributed by atoms with Crippen LogP contribution in [0.15, 0.2) is 42.5 Å².